The first-order valence-corrected chi connectivity index (χ1v) is 7.71. The highest BCUT2D eigenvalue weighted by Crippen LogP contribution is 2.29. The molecular weight excluding hydrogens is 349 g/mol. The average Bonchev–Trinajstić information content (AvgIpc) is 2.91. The van der Waals surface area contributed by atoms with Crippen LogP contribution in [0.3, 0.4) is 0 Å². The molecule has 1 N–H and O–H groups in total. The van der Waals surface area contributed by atoms with Gasteiger partial charge in [0, 0.05) is 19.5 Å². The van der Waals surface area contributed by atoms with Gasteiger partial charge < -0.3 is 5.11 Å². The third kappa shape index (κ3) is 4.53. The number of aryl methyl sites for hydroxylation is 1. The maximum atomic E-state index is 12.7. The number of anilines is 1. The number of hydrogen-bond acceptors (Lipinski definition) is 3. The van der Waals surface area contributed by atoms with E-state index >= 15 is 0 Å². The first-order chi connectivity index (χ1) is 12.1. The van der Waals surface area contributed by atoms with Gasteiger partial charge in [-0.25, -0.2) is 4.79 Å². The minimum absolute atomic E-state index is 0.0569. The maximum Gasteiger partial charge on any atom is 0.413 e. The Morgan fingerprint density at radius 3 is 2.69 bits per heavy atom. The number of nitrogens with zero attached hydrogens (tertiary/aromatic N) is 4. The van der Waals surface area contributed by atoms with Gasteiger partial charge in [0.05, 0.1) is 29.8 Å². The molecule has 0 aliphatic rings. The van der Waals surface area contributed by atoms with E-state index in [0.29, 0.717) is 11.1 Å². The van der Waals surface area contributed by atoms with Crippen molar-refractivity contribution in [2.75, 3.05) is 4.90 Å². The fraction of sp³-hybridized carbons (Fsp3) is 0.353. The molecular formula is C17H17F3N4O2. The monoisotopic (exact) mass is 366 g/mol. The fourth-order valence-electron chi connectivity index (χ4n) is 2.47. The SMILES string of the molecule is CC(Cc1cc(N(Cc2cccc(C#N)c2)C(=O)O)n(C)n1)C(F)(F)F. The average molecular weight is 366 g/mol. The van der Waals surface area contributed by atoms with Gasteiger partial charge in [-0.2, -0.15) is 23.5 Å². The second-order valence-electron chi connectivity index (χ2n) is 5.95. The van der Waals surface area contributed by atoms with E-state index in [4.69, 9.17) is 5.26 Å². The van der Waals surface area contributed by atoms with Crippen molar-refractivity contribution in [1.29, 1.82) is 5.26 Å². The number of hydrogen-bond donors (Lipinski definition) is 1. The van der Waals surface area contributed by atoms with Gasteiger partial charge in [0.2, 0.25) is 0 Å². The van der Waals surface area contributed by atoms with Crippen molar-refractivity contribution in [3.05, 3.63) is 47.2 Å². The lowest BCUT2D eigenvalue weighted by Gasteiger charge is -2.19. The molecule has 138 valence electrons. The summed E-state index contributed by atoms with van der Waals surface area (Å²) in [6.45, 7) is 0.995. The van der Waals surface area contributed by atoms with Crippen LogP contribution >= 0.6 is 0 Å². The predicted molar refractivity (Wildman–Crippen MR) is 87.5 cm³/mol. The van der Waals surface area contributed by atoms with Crippen molar-refractivity contribution in [2.24, 2.45) is 13.0 Å². The Labute approximate surface area is 148 Å². The summed E-state index contributed by atoms with van der Waals surface area (Å²) in [7, 11) is 1.47. The van der Waals surface area contributed by atoms with Gasteiger partial charge in [0.15, 0.2) is 0 Å². The molecule has 26 heavy (non-hydrogen) atoms. The molecule has 1 aromatic heterocycles. The molecule has 0 aliphatic carbocycles. The van der Waals surface area contributed by atoms with E-state index in [1.165, 1.54) is 17.8 Å². The van der Waals surface area contributed by atoms with Crippen molar-refractivity contribution in [3.8, 4) is 6.07 Å². The van der Waals surface area contributed by atoms with Crippen LogP contribution in [0.15, 0.2) is 30.3 Å². The molecule has 9 heteroatoms. The fourth-order valence-corrected chi connectivity index (χ4v) is 2.47. The number of carboxylic acid groups (broad SMARTS) is 1. The molecule has 1 heterocycles. The summed E-state index contributed by atoms with van der Waals surface area (Å²) in [4.78, 5) is 12.6. The summed E-state index contributed by atoms with van der Waals surface area (Å²) in [5.74, 6) is -1.43. The van der Waals surface area contributed by atoms with Crippen LogP contribution in [0.25, 0.3) is 0 Å². The molecule has 1 amide bonds. The molecule has 0 radical (unpaired) electrons. The van der Waals surface area contributed by atoms with Crippen LogP contribution in [-0.4, -0.2) is 27.2 Å². The quantitative estimate of drug-likeness (QED) is 0.874. The third-order valence-corrected chi connectivity index (χ3v) is 3.88. The van der Waals surface area contributed by atoms with Crippen LogP contribution in [0.2, 0.25) is 0 Å². The number of aromatic nitrogens is 2. The van der Waals surface area contributed by atoms with E-state index in [2.05, 4.69) is 5.10 Å². The molecule has 6 nitrogen and oxygen atoms in total. The van der Waals surface area contributed by atoms with Gasteiger partial charge in [-0.05, 0) is 17.7 Å². The molecule has 2 rings (SSSR count). The Hall–Kier alpha value is -3.02. The topological polar surface area (TPSA) is 82.1 Å². The zero-order chi connectivity index (χ0) is 19.5. The lowest BCUT2D eigenvalue weighted by Crippen LogP contribution is -2.30. The lowest BCUT2D eigenvalue weighted by atomic mass is 10.1. The number of nitriles is 1. The van der Waals surface area contributed by atoms with Gasteiger partial charge in [-0.15, -0.1) is 0 Å². The van der Waals surface area contributed by atoms with Gasteiger partial charge in [-0.1, -0.05) is 19.1 Å². The van der Waals surface area contributed by atoms with Gasteiger partial charge in [0.25, 0.3) is 0 Å². The van der Waals surface area contributed by atoms with E-state index in [9.17, 15) is 23.1 Å². The molecule has 0 saturated heterocycles. The van der Waals surface area contributed by atoms with Gasteiger partial charge >= 0.3 is 12.3 Å². The summed E-state index contributed by atoms with van der Waals surface area (Å²) >= 11 is 0. The summed E-state index contributed by atoms with van der Waals surface area (Å²) in [6, 6.07) is 9.75. The van der Waals surface area contributed by atoms with Crippen molar-refractivity contribution < 1.29 is 23.1 Å². The van der Waals surface area contributed by atoms with Crippen LogP contribution < -0.4 is 4.90 Å². The minimum atomic E-state index is -4.35. The molecule has 0 bridgehead atoms. The highest BCUT2D eigenvalue weighted by atomic mass is 19.4. The zero-order valence-electron chi connectivity index (χ0n) is 14.2. The highest BCUT2D eigenvalue weighted by Gasteiger charge is 2.36. The summed E-state index contributed by atoms with van der Waals surface area (Å²) in [5, 5.41) is 22.4. The number of carbonyl (C=O) groups is 1. The lowest BCUT2D eigenvalue weighted by molar-refractivity contribution is -0.169. The number of alkyl halides is 3. The largest absolute Gasteiger partial charge is 0.465 e. The predicted octanol–water partition coefficient (Wildman–Crippen LogP) is 3.72. The maximum absolute atomic E-state index is 12.7. The number of amides is 1. The van der Waals surface area contributed by atoms with E-state index < -0.39 is 18.2 Å². The molecule has 0 aliphatic heterocycles. The van der Waals surface area contributed by atoms with Gasteiger partial charge in [-0.3, -0.25) is 9.58 Å². The molecule has 1 atom stereocenters. The first kappa shape index (κ1) is 19.3. The minimum Gasteiger partial charge on any atom is -0.465 e. The Morgan fingerprint density at radius 1 is 1.42 bits per heavy atom. The second kappa shape index (κ2) is 7.47. The normalized spacial score (nSPS) is 12.5. The third-order valence-electron chi connectivity index (χ3n) is 3.88. The first-order valence-electron chi connectivity index (χ1n) is 7.71. The Morgan fingerprint density at radius 2 is 2.12 bits per heavy atom. The van der Waals surface area contributed by atoms with Crippen LogP contribution in [0.4, 0.5) is 23.8 Å². The van der Waals surface area contributed by atoms with E-state index in [1.807, 2.05) is 6.07 Å². The van der Waals surface area contributed by atoms with Gasteiger partial charge in [0.1, 0.15) is 5.82 Å². The van der Waals surface area contributed by atoms with Crippen LogP contribution in [0.5, 0.6) is 0 Å². The van der Waals surface area contributed by atoms with Crippen molar-refractivity contribution in [3.63, 3.8) is 0 Å². The molecule has 1 aromatic carbocycles. The highest BCUT2D eigenvalue weighted by molar-refractivity contribution is 5.84. The summed E-state index contributed by atoms with van der Waals surface area (Å²) in [5.41, 5.74) is 1.12. The molecule has 0 saturated carbocycles. The molecule has 2 aromatic rings. The van der Waals surface area contributed by atoms with Crippen LogP contribution in [-0.2, 0) is 20.0 Å². The molecule has 0 fully saturated rings. The Kier molecular flexibility index (Phi) is 5.55. The summed E-state index contributed by atoms with van der Waals surface area (Å²) < 4.78 is 39.4. The standard InChI is InChI=1S/C17H17F3N4O2/c1-11(17(18,19)20)6-14-8-15(23(2)22-14)24(16(25)26)10-13-5-3-4-12(7-13)9-21/h3-5,7-8,11H,6,10H2,1-2H3,(H,25,26). The zero-order valence-corrected chi connectivity index (χ0v) is 14.2. The Bertz CT molecular complexity index is 839. The Balaban J connectivity index is 2.27. The smallest absolute Gasteiger partial charge is 0.413 e. The molecule has 0 spiro atoms. The van der Waals surface area contributed by atoms with E-state index in [-0.39, 0.29) is 24.5 Å². The van der Waals surface area contributed by atoms with Crippen molar-refractivity contribution >= 4 is 11.9 Å². The van der Waals surface area contributed by atoms with Crippen molar-refractivity contribution in [2.45, 2.75) is 26.1 Å². The number of rotatable bonds is 5. The van der Waals surface area contributed by atoms with E-state index in [1.54, 1.807) is 24.3 Å². The van der Waals surface area contributed by atoms with Crippen LogP contribution in [0, 0.1) is 17.2 Å². The van der Waals surface area contributed by atoms with Crippen molar-refractivity contribution in [1.82, 2.24) is 9.78 Å². The second-order valence-corrected chi connectivity index (χ2v) is 5.95. The molecule has 1 unspecified atom stereocenters. The summed E-state index contributed by atoms with van der Waals surface area (Å²) in [6.07, 6.45) is -5.96. The van der Waals surface area contributed by atoms with E-state index in [0.717, 1.165) is 11.8 Å². The number of halogens is 3. The van der Waals surface area contributed by atoms with Crippen LogP contribution in [0.1, 0.15) is 23.7 Å². The number of benzene rings is 1.